The molecule has 1 aliphatic carbocycles. The van der Waals surface area contributed by atoms with Crippen molar-refractivity contribution in [1.29, 1.82) is 5.26 Å². The molecule has 1 aliphatic heterocycles. The fraction of sp³-hybridized carbons (Fsp3) is 0.545. The Balaban J connectivity index is 0.00000486. The number of nitrogens with one attached hydrogen (secondary N) is 1. The van der Waals surface area contributed by atoms with Crippen molar-refractivity contribution in [3.8, 4) is 28.8 Å². The monoisotopic (exact) mass is 709 g/mol. The molecule has 17 heteroatoms. The molecular weight excluding hydrogens is 666 g/mol. The quantitative estimate of drug-likeness (QED) is 0.167. The molecule has 50 heavy (non-hydrogen) atoms. The Labute approximate surface area is 297 Å². The lowest BCUT2D eigenvalue weighted by Crippen LogP contribution is -2.45. The summed E-state index contributed by atoms with van der Waals surface area (Å²) in [5, 5.41) is 29.0. The molecule has 0 bridgehead atoms. The Hall–Kier alpha value is -4.40. The van der Waals surface area contributed by atoms with Crippen molar-refractivity contribution in [2.75, 3.05) is 65.2 Å². The summed E-state index contributed by atoms with van der Waals surface area (Å²) in [4.78, 5) is 11.7. The van der Waals surface area contributed by atoms with E-state index in [1.165, 1.54) is 6.33 Å². The zero-order valence-corrected chi connectivity index (χ0v) is 29.2. The van der Waals surface area contributed by atoms with Crippen LogP contribution < -0.4 is 14.8 Å². The third kappa shape index (κ3) is 9.86. The molecule has 1 N–H and O–H groups in total. The highest BCUT2D eigenvalue weighted by molar-refractivity contribution is 5.85. The first-order valence-corrected chi connectivity index (χ1v) is 16.7. The summed E-state index contributed by atoms with van der Waals surface area (Å²) in [5.74, 6) is 1.34. The fourth-order valence-electron chi connectivity index (χ4n) is 6.16. The number of rotatable bonds is 16. The molecule has 2 aliphatic rings. The van der Waals surface area contributed by atoms with E-state index in [0.29, 0.717) is 67.8 Å². The number of tetrazole rings is 1. The van der Waals surface area contributed by atoms with Crippen LogP contribution >= 0.6 is 12.4 Å². The average Bonchev–Trinajstić information content (AvgIpc) is 3.80. The highest BCUT2D eigenvalue weighted by Gasteiger charge is 2.29. The molecule has 0 spiro atoms. The van der Waals surface area contributed by atoms with Crippen molar-refractivity contribution >= 4 is 24.0 Å². The van der Waals surface area contributed by atoms with Gasteiger partial charge in [-0.05, 0) is 60.7 Å². The maximum absolute atomic E-state index is 9.67. The number of ether oxygens (including phenoxy) is 5. The van der Waals surface area contributed by atoms with E-state index in [1.54, 1.807) is 30.3 Å². The predicted octanol–water partition coefficient (Wildman–Crippen LogP) is 3.69. The molecule has 1 saturated carbocycles. The summed E-state index contributed by atoms with van der Waals surface area (Å²) in [7, 11) is 1.64. The van der Waals surface area contributed by atoms with Gasteiger partial charge < -0.3 is 29.0 Å². The smallest absolute Gasteiger partial charge is 0.257 e. The van der Waals surface area contributed by atoms with Crippen LogP contribution in [0.4, 0.5) is 11.6 Å². The molecule has 0 amide bonds. The number of anilines is 2. The molecule has 3 aromatic heterocycles. The van der Waals surface area contributed by atoms with Crippen LogP contribution in [0.15, 0.2) is 43.1 Å². The van der Waals surface area contributed by atoms with Gasteiger partial charge in [-0.3, -0.25) is 9.58 Å². The van der Waals surface area contributed by atoms with E-state index < -0.39 is 0 Å². The lowest BCUT2D eigenvalue weighted by molar-refractivity contribution is 0.00501. The maximum atomic E-state index is 9.67. The van der Waals surface area contributed by atoms with E-state index in [-0.39, 0.29) is 24.6 Å². The number of nitrogens with zero attached hydrogens (tertiary/aromatic N) is 10. The second kappa shape index (κ2) is 18.6. The molecule has 6 rings (SSSR count). The fourth-order valence-corrected chi connectivity index (χ4v) is 6.16. The van der Waals surface area contributed by atoms with Gasteiger partial charge in [-0.25, -0.2) is 14.6 Å². The first kappa shape index (κ1) is 36.9. The predicted molar refractivity (Wildman–Crippen MR) is 185 cm³/mol. The molecule has 1 aromatic carbocycles. The lowest BCUT2D eigenvalue weighted by atomic mass is 9.90. The Morgan fingerprint density at radius 3 is 2.50 bits per heavy atom. The third-order valence-corrected chi connectivity index (χ3v) is 8.70. The number of halogens is 1. The van der Waals surface area contributed by atoms with Crippen LogP contribution in [-0.2, 0) is 20.8 Å². The minimum absolute atomic E-state index is 0. The summed E-state index contributed by atoms with van der Waals surface area (Å²) in [6.45, 7) is 7.77. The van der Waals surface area contributed by atoms with Crippen molar-refractivity contribution in [2.45, 2.75) is 57.3 Å². The van der Waals surface area contributed by atoms with E-state index in [4.69, 9.17) is 28.8 Å². The summed E-state index contributed by atoms with van der Waals surface area (Å²) >= 11 is 0. The van der Waals surface area contributed by atoms with Crippen molar-refractivity contribution in [2.24, 2.45) is 0 Å². The van der Waals surface area contributed by atoms with E-state index in [1.807, 2.05) is 29.9 Å². The second-order valence-corrected chi connectivity index (χ2v) is 12.1. The summed E-state index contributed by atoms with van der Waals surface area (Å²) in [6, 6.07) is 8.47. The molecule has 2 fully saturated rings. The van der Waals surface area contributed by atoms with Crippen molar-refractivity contribution < 1.29 is 23.7 Å². The number of morpholine rings is 1. The Kier molecular flexibility index (Phi) is 13.7. The zero-order chi connectivity index (χ0) is 33.8. The van der Waals surface area contributed by atoms with Gasteiger partial charge in [-0.1, -0.05) is 6.07 Å². The highest BCUT2D eigenvalue weighted by Crippen LogP contribution is 2.35. The number of methoxy groups -OCH3 is 1. The van der Waals surface area contributed by atoms with Gasteiger partial charge in [0.05, 0.1) is 57.4 Å². The maximum Gasteiger partial charge on any atom is 0.257 e. The average molecular weight is 710 g/mol. The number of hydrogen-bond donors (Lipinski definition) is 1. The van der Waals surface area contributed by atoms with Gasteiger partial charge in [-0.2, -0.15) is 5.26 Å². The molecule has 268 valence electrons. The summed E-state index contributed by atoms with van der Waals surface area (Å²) in [6.07, 6.45) is 11.0. The van der Waals surface area contributed by atoms with Crippen LogP contribution in [0, 0.1) is 11.3 Å². The van der Waals surface area contributed by atoms with Crippen LogP contribution in [0.1, 0.15) is 44.2 Å². The molecule has 1 atom stereocenters. The first-order chi connectivity index (χ1) is 24.1. The summed E-state index contributed by atoms with van der Waals surface area (Å²) < 4.78 is 32.0. The molecular formula is C33H44ClN11O5. The topological polar surface area (TPSA) is 172 Å². The van der Waals surface area contributed by atoms with E-state index >= 15 is 0 Å². The van der Waals surface area contributed by atoms with Gasteiger partial charge in [0.25, 0.3) is 5.88 Å². The minimum atomic E-state index is -0.275. The molecule has 0 radical (unpaired) electrons. The van der Waals surface area contributed by atoms with Gasteiger partial charge in [0.15, 0.2) is 0 Å². The normalized spacial score (nSPS) is 18.5. The minimum Gasteiger partial charge on any atom is -0.487 e. The third-order valence-electron chi connectivity index (χ3n) is 8.70. The van der Waals surface area contributed by atoms with Crippen LogP contribution in [-0.4, -0.2) is 117 Å². The lowest BCUT2D eigenvalue weighted by Gasteiger charge is -2.38. The SMILES string of the molecule is COCCOCCOc1nn([C@H]2CC[C@H](N3CCOCC3)CC2)cc1Nc1ncc(-c2ccc(C#N)c(O[C@@H](C)Cn3cnnn3)c2)cn1.Cl. The zero-order valence-electron chi connectivity index (χ0n) is 28.4. The first-order valence-electron chi connectivity index (χ1n) is 16.7. The second-order valence-electron chi connectivity index (χ2n) is 12.1. The highest BCUT2D eigenvalue weighted by atomic mass is 35.5. The molecule has 0 unspecified atom stereocenters. The largest absolute Gasteiger partial charge is 0.487 e. The van der Waals surface area contributed by atoms with E-state index in [0.717, 1.165) is 63.1 Å². The summed E-state index contributed by atoms with van der Waals surface area (Å²) in [5.41, 5.74) is 2.69. The number of aromatic nitrogens is 8. The van der Waals surface area contributed by atoms with Gasteiger partial charge in [-0.15, -0.1) is 22.6 Å². The van der Waals surface area contributed by atoms with Gasteiger partial charge in [0, 0.05) is 44.2 Å². The number of benzene rings is 1. The Bertz CT molecular complexity index is 1640. The van der Waals surface area contributed by atoms with Crippen LogP contribution in [0.25, 0.3) is 11.1 Å². The molecule has 4 heterocycles. The molecule has 4 aromatic rings. The molecule has 16 nitrogen and oxygen atoms in total. The van der Waals surface area contributed by atoms with Crippen molar-refractivity contribution in [1.82, 2.24) is 44.9 Å². The number of hydrogen-bond acceptors (Lipinski definition) is 14. The van der Waals surface area contributed by atoms with Crippen LogP contribution in [0.5, 0.6) is 11.6 Å². The van der Waals surface area contributed by atoms with Crippen molar-refractivity contribution in [3.63, 3.8) is 0 Å². The van der Waals surface area contributed by atoms with E-state index in [9.17, 15) is 5.26 Å². The Morgan fingerprint density at radius 1 is 1.02 bits per heavy atom. The van der Waals surface area contributed by atoms with E-state index in [2.05, 4.69) is 41.8 Å². The van der Waals surface area contributed by atoms with Crippen LogP contribution in [0.3, 0.4) is 0 Å². The number of nitriles is 1. The van der Waals surface area contributed by atoms with Crippen LogP contribution in [0.2, 0.25) is 0 Å². The van der Waals surface area contributed by atoms with Crippen molar-refractivity contribution in [3.05, 3.63) is 48.7 Å². The van der Waals surface area contributed by atoms with Gasteiger partial charge >= 0.3 is 0 Å². The standard InChI is InChI=1S/C33H43N11O5.ClH/c1-24(21-43-23-37-40-41-43)49-31-17-25(3-4-26(31)18-34)27-19-35-33(36-20-27)38-30-22-44(39-32(30)48-16-15-47-14-13-45-2)29-7-5-28(6-8-29)42-9-11-46-12-10-42;/h3-4,17,19-20,22-24,28-29H,5-16,21H2,1-2H3,(H,35,36,38);1H/t24-,28-,29-;/m0./s1. The molecule has 1 saturated heterocycles. The van der Waals surface area contributed by atoms with Gasteiger partial charge in [0.1, 0.15) is 36.5 Å². The Morgan fingerprint density at radius 2 is 1.78 bits per heavy atom. The van der Waals surface area contributed by atoms with Gasteiger partial charge in [0.2, 0.25) is 5.95 Å².